The molecule has 1 rings (SSSR count). The first-order chi connectivity index (χ1) is 8.71. The maximum Gasteiger partial charge on any atom is 0.0991 e. The number of hydrogen-bond donors (Lipinski definition) is 1. The molecule has 4 nitrogen and oxygen atoms in total. The smallest absolute Gasteiger partial charge is 0.0991 e. The van der Waals surface area contributed by atoms with Gasteiger partial charge in [-0.15, -0.1) is 0 Å². The zero-order valence-corrected chi connectivity index (χ0v) is 11.0. The molecular weight excluding hydrogens is 228 g/mol. The van der Waals surface area contributed by atoms with Gasteiger partial charge < -0.3 is 9.84 Å². The monoisotopic (exact) mass is 248 g/mol. The summed E-state index contributed by atoms with van der Waals surface area (Å²) in [6.07, 6.45) is -0.533. The van der Waals surface area contributed by atoms with Gasteiger partial charge in [0.25, 0.3) is 0 Å². The predicted molar refractivity (Wildman–Crippen MR) is 70.1 cm³/mol. The van der Waals surface area contributed by atoms with E-state index in [2.05, 4.69) is 17.9 Å². The number of rotatable bonds is 7. The fraction of sp³-hybridized carbons (Fsp3) is 0.500. The second-order valence-electron chi connectivity index (χ2n) is 4.14. The van der Waals surface area contributed by atoms with Gasteiger partial charge in [0, 0.05) is 20.2 Å². The van der Waals surface area contributed by atoms with E-state index in [0.29, 0.717) is 18.7 Å². The van der Waals surface area contributed by atoms with E-state index in [0.717, 1.165) is 18.7 Å². The Labute approximate surface area is 108 Å². The third-order valence-electron chi connectivity index (χ3n) is 2.91. The highest BCUT2D eigenvalue weighted by Crippen LogP contribution is 2.14. The summed E-state index contributed by atoms with van der Waals surface area (Å²) in [4.78, 5) is 2.13. The van der Waals surface area contributed by atoms with Crippen molar-refractivity contribution in [1.82, 2.24) is 4.90 Å². The Kier molecular flexibility index (Phi) is 6.37. The molecule has 1 unspecified atom stereocenters. The first kappa shape index (κ1) is 14.7. The van der Waals surface area contributed by atoms with Crippen molar-refractivity contribution in [3.8, 4) is 6.07 Å². The molecule has 1 N–H and O–H groups in total. The molecule has 0 saturated carbocycles. The Morgan fingerprint density at radius 3 is 2.56 bits per heavy atom. The number of ether oxygens (including phenoxy) is 1. The molecule has 0 radical (unpaired) electrons. The Morgan fingerprint density at radius 2 is 2.06 bits per heavy atom. The molecule has 0 fully saturated rings. The summed E-state index contributed by atoms with van der Waals surface area (Å²) in [6.45, 7) is 4.97. The molecular formula is C14H20N2O2. The lowest BCUT2D eigenvalue weighted by Gasteiger charge is -2.23. The van der Waals surface area contributed by atoms with Crippen LogP contribution in [0.25, 0.3) is 0 Å². The van der Waals surface area contributed by atoms with Crippen molar-refractivity contribution in [2.45, 2.75) is 13.0 Å². The van der Waals surface area contributed by atoms with Gasteiger partial charge in [-0.3, -0.25) is 4.90 Å². The molecule has 0 aliphatic heterocycles. The van der Waals surface area contributed by atoms with Crippen molar-refractivity contribution in [3.63, 3.8) is 0 Å². The van der Waals surface area contributed by atoms with Gasteiger partial charge in [0.05, 0.1) is 24.3 Å². The largest absolute Gasteiger partial charge is 0.387 e. The number of aliphatic hydroxyl groups excluding tert-OH is 1. The fourth-order valence-electron chi connectivity index (χ4n) is 1.73. The van der Waals surface area contributed by atoms with Gasteiger partial charge in [-0.2, -0.15) is 5.26 Å². The zero-order chi connectivity index (χ0) is 13.4. The van der Waals surface area contributed by atoms with Gasteiger partial charge in [0.1, 0.15) is 0 Å². The predicted octanol–water partition coefficient (Wildman–Crippen LogP) is 1.56. The number of likely N-dealkylation sites (N-methyl/N-ethyl adjacent to an activating group) is 1. The topological polar surface area (TPSA) is 56.5 Å². The number of nitriles is 1. The van der Waals surface area contributed by atoms with Crippen LogP contribution in [0.4, 0.5) is 0 Å². The maximum atomic E-state index is 10.1. The van der Waals surface area contributed by atoms with Crippen molar-refractivity contribution in [2.24, 2.45) is 0 Å². The van der Waals surface area contributed by atoms with Gasteiger partial charge in [-0.25, -0.2) is 0 Å². The van der Waals surface area contributed by atoms with E-state index in [-0.39, 0.29) is 0 Å². The van der Waals surface area contributed by atoms with Crippen LogP contribution in [0.3, 0.4) is 0 Å². The van der Waals surface area contributed by atoms with Crippen LogP contribution < -0.4 is 0 Å². The highest BCUT2D eigenvalue weighted by atomic mass is 16.5. The molecule has 0 amide bonds. The Balaban J connectivity index is 2.57. The molecule has 0 heterocycles. The molecule has 0 aliphatic carbocycles. The first-order valence-corrected chi connectivity index (χ1v) is 6.10. The summed E-state index contributed by atoms with van der Waals surface area (Å²) in [6, 6.07) is 9.11. The molecule has 0 aromatic heterocycles. The summed E-state index contributed by atoms with van der Waals surface area (Å²) in [5.41, 5.74) is 1.45. The van der Waals surface area contributed by atoms with Crippen molar-refractivity contribution < 1.29 is 9.84 Å². The SMILES string of the molecule is CCN(CCOC)CC(O)c1ccc(C#N)cc1. The minimum atomic E-state index is -0.533. The summed E-state index contributed by atoms with van der Waals surface area (Å²) in [5, 5.41) is 18.8. The second kappa shape index (κ2) is 7.83. The van der Waals surface area contributed by atoms with Crippen molar-refractivity contribution in [1.29, 1.82) is 5.26 Å². The Hall–Kier alpha value is -1.41. The lowest BCUT2D eigenvalue weighted by atomic mass is 10.1. The minimum absolute atomic E-state index is 0.533. The number of aliphatic hydroxyl groups is 1. The van der Waals surface area contributed by atoms with E-state index >= 15 is 0 Å². The number of benzene rings is 1. The molecule has 98 valence electrons. The van der Waals surface area contributed by atoms with Crippen LogP contribution in [-0.2, 0) is 4.74 Å². The van der Waals surface area contributed by atoms with E-state index < -0.39 is 6.10 Å². The molecule has 18 heavy (non-hydrogen) atoms. The first-order valence-electron chi connectivity index (χ1n) is 6.10. The van der Waals surface area contributed by atoms with Crippen LogP contribution in [0.5, 0.6) is 0 Å². The Morgan fingerprint density at radius 1 is 1.39 bits per heavy atom. The lowest BCUT2D eigenvalue weighted by molar-refractivity contribution is 0.0921. The lowest BCUT2D eigenvalue weighted by Crippen LogP contribution is -2.31. The maximum absolute atomic E-state index is 10.1. The van der Waals surface area contributed by atoms with Gasteiger partial charge in [0.15, 0.2) is 0 Å². The van der Waals surface area contributed by atoms with Crippen LogP contribution in [-0.4, -0.2) is 43.4 Å². The van der Waals surface area contributed by atoms with Gasteiger partial charge in [-0.05, 0) is 24.2 Å². The van der Waals surface area contributed by atoms with Crippen LogP contribution in [0.1, 0.15) is 24.2 Å². The minimum Gasteiger partial charge on any atom is -0.387 e. The molecule has 1 aromatic rings. The number of nitrogens with zero attached hydrogens (tertiary/aromatic N) is 2. The number of hydrogen-bond acceptors (Lipinski definition) is 4. The molecule has 4 heteroatoms. The summed E-state index contributed by atoms with van der Waals surface area (Å²) in [5.74, 6) is 0. The average molecular weight is 248 g/mol. The van der Waals surface area contributed by atoms with Crippen LogP contribution in [0.15, 0.2) is 24.3 Å². The highest BCUT2D eigenvalue weighted by molar-refractivity contribution is 5.32. The molecule has 0 spiro atoms. The van der Waals surface area contributed by atoms with Crippen molar-refractivity contribution in [2.75, 3.05) is 33.4 Å². The van der Waals surface area contributed by atoms with Crippen molar-refractivity contribution >= 4 is 0 Å². The third-order valence-corrected chi connectivity index (χ3v) is 2.91. The highest BCUT2D eigenvalue weighted by Gasteiger charge is 2.12. The summed E-state index contributed by atoms with van der Waals surface area (Å²) >= 11 is 0. The molecule has 0 bridgehead atoms. The van der Waals surface area contributed by atoms with Crippen molar-refractivity contribution in [3.05, 3.63) is 35.4 Å². The van der Waals surface area contributed by atoms with E-state index in [4.69, 9.17) is 10.00 Å². The van der Waals surface area contributed by atoms with E-state index in [1.807, 2.05) is 0 Å². The average Bonchev–Trinajstić information content (AvgIpc) is 2.43. The second-order valence-corrected chi connectivity index (χ2v) is 4.14. The third kappa shape index (κ3) is 4.46. The Bertz CT molecular complexity index is 384. The van der Waals surface area contributed by atoms with Crippen LogP contribution in [0.2, 0.25) is 0 Å². The van der Waals surface area contributed by atoms with Gasteiger partial charge in [-0.1, -0.05) is 19.1 Å². The van der Waals surface area contributed by atoms with Gasteiger partial charge >= 0.3 is 0 Å². The molecule has 0 aliphatic rings. The van der Waals surface area contributed by atoms with Crippen LogP contribution in [0, 0.1) is 11.3 Å². The van der Waals surface area contributed by atoms with E-state index in [1.54, 1.807) is 31.4 Å². The summed E-state index contributed by atoms with van der Waals surface area (Å²) < 4.78 is 5.03. The van der Waals surface area contributed by atoms with Gasteiger partial charge in [0.2, 0.25) is 0 Å². The van der Waals surface area contributed by atoms with E-state index in [9.17, 15) is 5.11 Å². The standard InChI is InChI=1S/C14H20N2O2/c1-3-16(8-9-18-2)11-14(17)13-6-4-12(10-15)5-7-13/h4-7,14,17H,3,8-9,11H2,1-2H3. The zero-order valence-electron chi connectivity index (χ0n) is 11.0. The normalized spacial score (nSPS) is 12.4. The molecule has 1 atom stereocenters. The molecule has 1 aromatic carbocycles. The summed E-state index contributed by atoms with van der Waals surface area (Å²) in [7, 11) is 1.67. The quantitative estimate of drug-likeness (QED) is 0.795. The molecule has 0 saturated heterocycles. The van der Waals surface area contributed by atoms with E-state index in [1.165, 1.54) is 0 Å². The van der Waals surface area contributed by atoms with Crippen LogP contribution >= 0.6 is 0 Å². The number of methoxy groups -OCH3 is 1. The fourth-order valence-corrected chi connectivity index (χ4v) is 1.73.